The largest absolute Gasteiger partial charge is 0.316 e. The van der Waals surface area contributed by atoms with E-state index in [0.717, 1.165) is 17.7 Å². The minimum Gasteiger partial charge on any atom is -0.316 e. The van der Waals surface area contributed by atoms with Crippen molar-refractivity contribution in [3.05, 3.63) is 59.4 Å². The summed E-state index contributed by atoms with van der Waals surface area (Å²) in [6, 6.07) is 10.9. The maximum atomic E-state index is 12.2. The molecule has 1 heterocycles. The zero-order valence-corrected chi connectivity index (χ0v) is 12.9. The molecule has 2 rings (SSSR count). The van der Waals surface area contributed by atoms with Crippen LogP contribution in [0.1, 0.15) is 16.8 Å². The van der Waals surface area contributed by atoms with Gasteiger partial charge in [-0.3, -0.25) is 9.71 Å². The summed E-state index contributed by atoms with van der Waals surface area (Å²) in [4.78, 5) is 4.07. The van der Waals surface area contributed by atoms with E-state index in [2.05, 4.69) is 15.0 Å². The number of sulfonamides is 1. The van der Waals surface area contributed by atoms with Crippen LogP contribution in [0.15, 0.2) is 42.6 Å². The van der Waals surface area contributed by atoms with Crippen LogP contribution in [0.4, 0.5) is 5.69 Å². The van der Waals surface area contributed by atoms with Gasteiger partial charge in [0.1, 0.15) is 0 Å². The van der Waals surface area contributed by atoms with Gasteiger partial charge in [0.25, 0.3) is 0 Å². The standard InChI is InChI=1S/C15H19N3O2S/c1-12-15(4-3-9-17-12)18-21(19,20)11-14-7-5-13(6-8-14)10-16-2/h3-9,16,18H,10-11H2,1-2H3. The second-order valence-corrected chi connectivity index (χ2v) is 6.57. The van der Waals surface area contributed by atoms with Crippen LogP contribution in [-0.4, -0.2) is 20.4 Å². The third-order valence-corrected chi connectivity index (χ3v) is 4.28. The highest BCUT2D eigenvalue weighted by atomic mass is 32.2. The van der Waals surface area contributed by atoms with Gasteiger partial charge in [-0.15, -0.1) is 0 Å². The van der Waals surface area contributed by atoms with Gasteiger partial charge >= 0.3 is 0 Å². The summed E-state index contributed by atoms with van der Waals surface area (Å²) >= 11 is 0. The quantitative estimate of drug-likeness (QED) is 0.857. The van der Waals surface area contributed by atoms with Crippen molar-refractivity contribution in [3.8, 4) is 0 Å². The van der Waals surface area contributed by atoms with Gasteiger partial charge < -0.3 is 5.32 Å². The summed E-state index contributed by atoms with van der Waals surface area (Å²) in [6.07, 6.45) is 1.63. The fourth-order valence-corrected chi connectivity index (χ4v) is 3.23. The van der Waals surface area contributed by atoms with Crippen LogP contribution in [0, 0.1) is 6.92 Å². The van der Waals surface area contributed by atoms with Crippen molar-refractivity contribution in [2.24, 2.45) is 0 Å². The van der Waals surface area contributed by atoms with E-state index in [1.807, 2.05) is 31.3 Å². The van der Waals surface area contributed by atoms with Crippen molar-refractivity contribution in [2.75, 3.05) is 11.8 Å². The maximum Gasteiger partial charge on any atom is 0.236 e. The number of rotatable bonds is 6. The molecular weight excluding hydrogens is 286 g/mol. The molecule has 0 spiro atoms. The van der Waals surface area contributed by atoms with Crippen molar-refractivity contribution >= 4 is 15.7 Å². The van der Waals surface area contributed by atoms with E-state index in [9.17, 15) is 8.42 Å². The van der Waals surface area contributed by atoms with Gasteiger partial charge in [0, 0.05) is 12.7 Å². The van der Waals surface area contributed by atoms with Gasteiger partial charge in [0.2, 0.25) is 10.0 Å². The number of hydrogen-bond acceptors (Lipinski definition) is 4. The molecule has 0 radical (unpaired) electrons. The van der Waals surface area contributed by atoms with Crippen LogP contribution in [0.25, 0.3) is 0 Å². The van der Waals surface area contributed by atoms with E-state index >= 15 is 0 Å². The van der Waals surface area contributed by atoms with Gasteiger partial charge in [0.05, 0.1) is 17.1 Å². The number of nitrogens with one attached hydrogen (secondary N) is 2. The Morgan fingerprint density at radius 2 is 1.76 bits per heavy atom. The van der Waals surface area contributed by atoms with Crippen LogP contribution in [-0.2, 0) is 22.3 Å². The lowest BCUT2D eigenvalue weighted by molar-refractivity contribution is 0.600. The summed E-state index contributed by atoms with van der Waals surface area (Å²) in [5, 5.41) is 3.05. The molecule has 0 saturated heterocycles. The predicted molar refractivity (Wildman–Crippen MR) is 84.4 cm³/mol. The minimum atomic E-state index is -3.44. The lowest BCUT2D eigenvalue weighted by Gasteiger charge is -2.10. The zero-order valence-electron chi connectivity index (χ0n) is 12.1. The monoisotopic (exact) mass is 305 g/mol. The first kappa shape index (κ1) is 15.5. The van der Waals surface area contributed by atoms with E-state index in [-0.39, 0.29) is 5.75 Å². The molecule has 0 aliphatic heterocycles. The molecular formula is C15H19N3O2S. The SMILES string of the molecule is CNCc1ccc(CS(=O)(=O)Nc2cccnc2C)cc1. The van der Waals surface area contributed by atoms with Crippen molar-refractivity contribution < 1.29 is 8.42 Å². The Balaban J connectivity index is 2.09. The fourth-order valence-electron chi connectivity index (χ4n) is 1.97. The molecule has 0 bridgehead atoms. The second kappa shape index (κ2) is 6.69. The Hall–Kier alpha value is -1.92. The average Bonchev–Trinajstić information content (AvgIpc) is 2.43. The first-order valence-corrected chi connectivity index (χ1v) is 8.30. The normalized spacial score (nSPS) is 11.3. The molecule has 112 valence electrons. The molecule has 0 unspecified atom stereocenters. The van der Waals surface area contributed by atoms with Crippen molar-refractivity contribution in [1.82, 2.24) is 10.3 Å². The smallest absolute Gasteiger partial charge is 0.236 e. The van der Waals surface area contributed by atoms with Crippen molar-refractivity contribution in [2.45, 2.75) is 19.2 Å². The molecule has 5 nitrogen and oxygen atoms in total. The van der Waals surface area contributed by atoms with E-state index in [4.69, 9.17) is 0 Å². The van der Waals surface area contributed by atoms with Gasteiger partial charge in [0.15, 0.2) is 0 Å². The molecule has 0 saturated carbocycles. The topological polar surface area (TPSA) is 71.1 Å². The lowest BCUT2D eigenvalue weighted by atomic mass is 10.1. The third kappa shape index (κ3) is 4.54. The van der Waals surface area contributed by atoms with E-state index in [1.54, 1.807) is 25.3 Å². The lowest BCUT2D eigenvalue weighted by Crippen LogP contribution is -2.16. The molecule has 0 atom stereocenters. The van der Waals surface area contributed by atoms with Crippen LogP contribution >= 0.6 is 0 Å². The van der Waals surface area contributed by atoms with Crippen molar-refractivity contribution in [3.63, 3.8) is 0 Å². The molecule has 0 aliphatic carbocycles. The molecule has 0 aliphatic rings. The van der Waals surface area contributed by atoms with Crippen molar-refractivity contribution in [1.29, 1.82) is 0 Å². The number of nitrogens with zero attached hydrogens (tertiary/aromatic N) is 1. The van der Waals surface area contributed by atoms with Crippen LogP contribution < -0.4 is 10.0 Å². The molecule has 1 aromatic carbocycles. The van der Waals surface area contributed by atoms with Crippen LogP contribution in [0.3, 0.4) is 0 Å². The average molecular weight is 305 g/mol. The van der Waals surface area contributed by atoms with Gasteiger partial charge in [-0.2, -0.15) is 0 Å². The van der Waals surface area contributed by atoms with Crippen LogP contribution in [0.5, 0.6) is 0 Å². The Morgan fingerprint density at radius 1 is 1.10 bits per heavy atom. The molecule has 2 N–H and O–H groups in total. The van der Waals surface area contributed by atoms with E-state index < -0.39 is 10.0 Å². The van der Waals surface area contributed by atoms with Gasteiger partial charge in [-0.05, 0) is 37.2 Å². The first-order valence-electron chi connectivity index (χ1n) is 6.65. The molecule has 2 aromatic rings. The summed E-state index contributed by atoms with van der Waals surface area (Å²) in [5.74, 6) is -0.0544. The highest BCUT2D eigenvalue weighted by molar-refractivity contribution is 7.91. The molecule has 21 heavy (non-hydrogen) atoms. The molecule has 0 amide bonds. The fraction of sp³-hybridized carbons (Fsp3) is 0.267. The Bertz CT molecular complexity index is 697. The second-order valence-electron chi connectivity index (χ2n) is 4.84. The van der Waals surface area contributed by atoms with E-state index in [0.29, 0.717) is 11.4 Å². The third-order valence-electron chi connectivity index (χ3n) is 3.03. The number of hydrogen-bond donors (Lipinski definition) is 2. The van der Waals surface area contributed by atoms with Crippen LogP contribution in [0.2, 0.25) is 0 Å². The van der Waals surface area contributed by atoms with Gasteiger partial charge in [-0.25, -0.2) is 8.42 Å². The number of aromatic nitrogens is 1. The summed E-state index contributed by atoms with van der Waals surface area (Å²) in [5.41, 5.74) is 3.05. The highest BCUT2D eigenvalue weighted by Crippen LogP contribution is 2.15. The minimum absolute atomic E-state index is 0.0544. The predicted octanol–water partition coefficient (Wildman–Crippen LogP) is 2.05. The highest BCUT2D eigenvalue weighted by Gasteiger charge is 2.13. The Labute approximate surface area is 125 Å². The van der Waals surface area contributed by atoms with Gasteiger partial charge in [-0.1, -0.05) is 24.3 Å². The molecule has 1 aromatic heterocycles. The summed E-state index contributed by atoms with van der Waals surface area (Å²) in [7, 11) is -1.57. The Morgan fingerprint density at radius 3 is 2.38 bits per heavy atom. The number of anilines is 1. The molecule has 6 heteroatoms. The number of aryl methyl sites for hydroxylation is 1. The number of benzene rings is 1. The number of pyridine rings is 1. The first-order chi connectivity index (χ1) is 10.00. The molecule has 0 fully saturated rings. The van der Waals surface area contributed by atoms with E-state index in [1.165, 1.54) is 0 Å². The maximum absolute atomic E-state index is 12.2. The summed E-state index contributed by atoms with van der Waals surface area (Å²) < 4.78 is 26.9. The summed E-state index contributed by atoms with van der Waals surface area (Å²) in [6.45, 7) is 2.53. The zero-order chi connectivity index (χ0) is 15.3. The Kier molecular flexibility index (Phi) is 4.93.